The van der Waals surface area contributed by atoms with Crippen molar-refractivity contribution in [2.24, 2.45) is 5.73 Å². The van der Waals surface area contributed by atoms with Gasteiger partial charge in [-0.15, -0.1) is 12.4 Å². The van der Waals surface area contributed by atoms with E-state index in [0.29, 0.717) is 31.2 Å². The van der Waals surface area contributed by atoms with Crippen LogP contribution in [0.1, 0.15) is 44.3 Å². The lowest BCUT2D eigenvalue weighted by molar-refractivity contribution is 0.229. The Balaban J connectivity index is 0.00000196. The molecule has 140 valence electrons. The Morgan fingerprint density at radius 2 is 1.85 bits per heavy atom. The van der Waals surface area contributed by atoms with Crippen molar-refractivity contribution >= 4 is 23.4 Å². The first-order valence-corrected chi connectivity index (χ1v) is 8.92. The predicted molar refractivity (Wildman–Crippen MR) is 101 cm³/mol. The second-order valence-corrected chi connectivity index (χ2v) is 6.85. The van der Waals surface area contributed by atoms with Crippen molar-refractivity contribution in [3.63, 3.8) is 0 Å². The molecule has 0 amide bonds. The second-order valence-electron chi connectivity index (χ2n) is 6.85. The lowest BCUT2D eigenvalue weighted by Crippen LogP contribution is -2.44. The smallest absolute Gasteiger partial charge is 0.329 e. The number of para-hydroxylation sites is 2. The van der Waals surface area contributed by atoms with E-state index in [1.807, 2.05) is 28.8 Å². The van der Waals surface area contributed by atoms with Gasteiger partial charge < -0.3 is 10.3 Å². The number of fused-ring (bicyclic) bond motifs is 1. The molecule has 2 N–H and O–H groups in total. The zero-order valence-electron chi connectivity index (χ0n) is 14.9. The third-order valence-corrected chi connectivity index (χ3v) is 5.08. The van der Waals surface area contributed by atoms with Crippen molar-refractivity contribution < 1.29 is 4.52 Å². The first-order valence-electron chi connectivity index (χ1n) is 8.92. The molecule has 0 aliphatic heterocycles. The number of hydrogen-bond acceptors (Lipinski definition) is 5. The van der Waals surface area contributed by atoms with E-state index in [1.54, 1.807) is 4.57 Å². The summed E-state index contributed by atoms with van der Waals surface area (Å²) < 4.78 is 8.97. The van der Waals surface area contributed by atoms with Crippen molar-refractivity contribution in [1.29, 1.82) is 0 Å². The molecular formula is C18H24ClN5O2. The number of aromatic nitrogens is 4. The van der Waals surface area contributed by atoms with E-state index in [1.165, 1.54) is 0 Å². The lowest BCUT2D eigenvalue weighted by atomic mass is 9.77. The maximum absolute atomic E-state index is 12.8. The van der Waals surface area contributed by atoms with Crippen molar-refractivity contribution in [3.05, 3.63) is 46.5 Å². The van der Waals surface area contributed by atoms with Crippen molar-refractivity contribution in [2.75, 3.05) is 0 Å². The molecule has 0 unspecified atom stereocenters. The van der Waals surface area contributed by atoms with Crippen molar-refractivity contribution in [3.8, 4) is 0 Å². The van der Waals surface area contributed by atoms with Gasteiger partial charge in [-0.2, -0.15) is 4.98 Å². The lowest BCUT2D eigenvalue weighted by Gasteiger charge is -2.34. The molecule has 0 spiro atoms. The predicted octanol–water partition coefficient (Wildman–Crippen LogP) is 2.60. The molecule has 26 heavy (non-hydrogen) atoms. The Hall–Kier alpha value is -2.12. The molecule has 0 atom stereocenters. The number of hydrogen-bond donors (Lipinski definition) is 1. The number of nitrogens with two attached hydrogens (primary N) is 1. The zero-order valence-corrected chi connectivity index (χ0v) is 15.7. The summed E-state index contributed by atoms with van der Waals surface area (Å²) >= 11 is 0. The van der Waals surface area contributed by atoms with E-state index >= 15 is 0 Å². The third kappa shape index (κ3) is 3.05. The van der Waals surface area contributed by atoms with E-state index in [2.05, 4.69) is 17.1 Å². The molecule has 0 radical (unpaired) electrons. The molecule has 0 bridgehead atoms. The van der Waals surface area contributed by atoms with Gasteiger partial charge in [0.2, 0.25) is 5.89 Å². The SMILES string of the molecule is CCCn1c(=O)n(CCc2nc(C3(N)CCC3)no2)c2ccccc21.Cl. The molecule has 0 saturated heterocycles. The van der Waals surface area contributed by atoms with Gasteiger partial charge in [0.25, 0.3) is 0 Å². The Morgan fingerprint density at radius 1 is 1.19 bits per heavy atom. The first kappa shape index (κ1) is 18.7. The number of rotatable bonds is 6. The Bertz CT molecular complexity index is 954. The maximum atomic E-state index is 12.8. The van der Waals surface area contributed by atoms with Gasteiger partial charge in [0.1, 0.15) is 0 Å². The maximum Gasteiger partial charge on any atom is 0.329 e. The average Bonchev–Trinajstić information content (AvgIpc) is 3.16. The van der Waals surface area contributed by atoms with Crippen LogP contribution < -0.4 is 11.4 Å². The van der Waals surface area contributed by atoms with Crippen LogP contribution in [-0.2, 0) is 25.0 Å². The summed E-state index contributed by atoms with van der Waals surface area (Å²) in [5.41, 5.74) is 7.73. The molecule has 7 nitrogen and oxygen atoms in total. The highest BCUT2D eigenvalue weighted by molar-refractivity contribution is 5.85. The highest BCUT2D eigenvalue weighted by Crippen LogP contribution is 2.36. The highest BCUT2D eigenvalue weighted by atomic mass is 35.5. The molecule has 1 saturated carbocycles. The van der Waals surface area contributed by atoms with E-state index in [-0.39, 0.29) is 18.1 Å². The van der Waals surface area contributed by atoms with Gasteiger partial charge in [-0.1, -0.05) is 24.2 Å². The minimum atomic E-state index is -0.421. The average molecular weight is 378 g/mol. The minimum Gasteiger partial charge on any atom is -0.339 e. The van der Waals surface area contributed by atoms with Crippen LogP contribution in [0, 0.1) is 0 Å². The molecule has 1 aliphatic carbocycles. The summed E-state index contributed by atoms with van der Waals surface area (Å²) in [4.78, 5) is 17.2. The molecule has 3 aromatic rings. The number of imidazole rings is 1. The Kier molecular flexibility index (Phi) is 5.20. The largest absolute Gasteiger partial charge is 0.339 e. The summed E-state index contributed by atoms with van der Waals surface area (Å²) in [7, 11) is 0. The molecule has 2 aromatic heterocycles. The standard InChI is InChI=1S/C18H23N5O2.ClH/c1-2-11-22-13-6-3-4-7-14(13)23(17(22)24)12-8-15-20-16(21-25-15)18(19)9-5-10-18;/h3-4,6-7H,2,5,8-12,19H2,1H3;1H. The van der Waals surface area contributed by atoms with Crippen LogP contribution in [0.4, 0.5) is 0 Å². The summed E-state index contributed by atoms with van der Waals surface area (Å²) in [5.74, 6) is 1.13. The van der Waals surface area contributed by atoms with Crippen molar-refractivity contribution in [2.45, 2.75) is 57.7 Å². The number of aryl methyl sites for hydroxylation is 3. The van der Waals surface area contributed by atoms with Crippen LogP contribution in [-0.4, -0.2) is 19.3 Å². The highest BCUT2D eigenvalue weighted by Gasteiger charge is 2.38. The fourth-order valence-electron chi connectivity index (χ4n) is 3.48. The number of benzene rings is 1. The first-order chi connectivity index (χ1) is 12.1. The molecule has 1 fully saturated rings. The molecule has 1 aromatic carbocycles. The van der Waals surface area contributed by atoms with Gasteiger partial charge in [-0.05, 0) is 37.8 Å². The van der Waals surface area contributed by atoms with Crippen LogP contribution in [0.2, 0.25) is 0 Å². The van der Waals surface area contributed by atoms with Crippen LogP contribution in [0.5, 0.6) is 0 Å². The number of halogens is 1. The topological polar surface area (TPSA) is 91.9 Å². The van der Waals surface area contributed by atoms with Gasteiger partial charge in [0.05, 0.1) is 16.6 Å². The van der Waals surface area contributed by atoms with Gasteiger partial charge in [-0.3, -0.25) is 9.13 Å². The normalized spacial score (nSPS) is 15.6. The van der Waals surface area contributed by atoms with Crippen molar-refractivity contribution in [1.82, 2.24) is 19.3 Å². The van der Waals surface area contributed by atoms with Crippen LogP contribution in [0.3, 0.4) is 0 Å². The van der Waals surface area contributed by atoms with Gasteiger partial charge >= 0.3 is 5.69 Å². The summed E-state index contributed by atoms with van der Waals surface area (Å²) in [5, 5.41) is 4.04. The van der Waals surface area contributed by atoms with E-state index in [4.69, 9.17) is 10.3 Å². The van der Waals surface area contributed by atoms with Crippen LogP contribution in [0.15, 0.2) is 33.6 Å². The second kappa shape index (κ2) is 7.25. The molecule has 4 rings (SSSR count). The molecule has 8 heteroatoms. The molecular weight excluding hydrogens is 354 g/mol. The summed E-state index contributed by atoms with van der Waals surface area (Å²) in [6.07, 6.45) is 4.33. The van der Waals surface area contributed by atoms with Gasteiger partial charge in [-0.25, -0.2) is 4.79 Å². The third-order valence-electron chi connectivity index (χ3n) is 5.08. The summed E-state index contributed by atoms with van der Waals surface area (Å²) in [6.45, 7) is 3.30. The van der Waals surface area contributed by atoms with E-state index < -0.39 is 5.54 Å². The van der Waals surface area contributed by atoms with Crippen LogP contribution >= 0.6 is 12.4 Å². The zero-order chi connectivity index (χ0) is 17.4. The van der Waals surface area contributed by atoms with E-state index in [0.717, 1.165) is 36.7 Å². The fraction of sp³-hybridized carbons (Fsp3) is 0.500. The minimum absolute atomic E-state index is 0. The molecule has 2 heterocycles. The molecule has 1 aliphatic rings. The monoisotopic (exact) mass is 377 g/mol. The van der Waals surface area contributed by atoms with Gasteiger partial charge in [0, 0.05) is 19.5 Å². The van der Waals surface area contributed by atoms with Gasteiger partial charge in [0.15, 0.2) is 5.82 Å². The Labute approximate surface area is 157 Å². The summed E-state index contributed by atoms with van der Waals surface area (Å²) in [6, 6.07) is 7.88. The van der Waals surface area contributed by atoms with E-state index in [9.17, 15) is 4.79 Å². The van der Waals surface area contributed by atoms with Crippen LogP contribution in [0.25, 0.3) is 11.0 Å². The quantitative estimate of drug-likeness (QED) is 0.712. The fourth-order valence-corrected chi connectivity index (χ4v) is 3.48. The number of nitrogens with zero attached hydrogens (tertiary/aromatic N) is 4. The Morgan fingerprint density at radius 3 is 2.42 bits per heavy atom.